The number of carboxylic acids is 2. The summed E-state index contributed by atoms with van der Waals surface area (Å²) in [4.78, 5) is 47.6. The maximum Gasteiger partial charge on any atom is 0.326 e. The normalized spacial score (nSPS) is 14.3. The SMILES string of the molecule is CCC(C)C(C(=O)NC(CC(=O)O)C(=O)O)n1nnc2ccccc2c1=O. The van der Waals surface area contributed by atoms with Gasteiger partial charge in [0.15, 0.2) is 0 Å². The number of fused-ring (bicyclic) bond motifs is 1. The van der Waals surface area contributed by atoms with Crippen molar-refractivity contribution in [2.24, 2.45) is 5.92 Å². The Morgan fingerprint density at radius 2 is 1.89 bits per heavy atom. The van der Waals surface area contributed by atoms with Crippen LogP contribution in [0, 0.1) is 5.92 Å². The molecule has 1 aromatic carbocycles. The topological polar surface area (TPSA) is 151 Å². The van der Waals surface area contributed by atoms with Crippen molar-refractivity contribution < 1.29 is 24.6 Å². The molecular weight excluding hydrogens is 356 g/mol. The number of benzene rings is 1. The van der Waals surface area contributed by atoms with Gasteiger partial charge in [0.1, 0.15) is 17.6 Å². The summed E-state index contributed by atoms with van der Waals surface area (Å²) < 4.78 is 0.922. The van der Waals surface area contributed by atoms with Crippen molar-refractivity contribution in [3.8, 4) is 0 Å². The van der Waals surface area contributed by atoms with E-state index >= 15 is 0 Å². The Bertz CT molecular complexity index is 925. The van der Waals surface area contributed by atoms with Crippen LogP contribution in [0.25, 0.3) is 10.9 Å². The Labute approximate surface area is 153 Å². The molecule has 3 N–H and O–H groups in total. The van der Waals surface area contributed by atoms with E-state index in [4.69, 9.17) is 10.2 Å². The van der Waals surface area contributed by atoms with E-state index < -0.39 is 41.9 Å². The average Bonchev–Trinajstić information content (AvgIpc) is 2.62. The highest BCUT2D eigenvalue weighted by atomic mass is 16.4. The van der Waals surface area contributed by atoms with Gasteiger partial charge in [-0.05, 0) is 18.1 Å². The fourth-order valence-corrected chi connectivity index (χ4v) is 2.65. The van der Waals surface area contributed by atoms with Crippen LogP contribution in [0.5, 0.6) is 0 Å². The number of rotatable bonds is 8. The van der Waals surface area contributed by atoms with Gasteiger partial charge in [0.05, 0.1) is 11.8 Å². The number of carboxylic acid groups (broad SMARTS) is 2. The van der Waals surface area contributed by atoms with Crippen LogP contribution in [-0.4, -0.2) is 49.1 Å². The summed E-state index contributed by atoms with van der Waals surface area (Å²) in [5.41, 5.74) is -0.164. The number of amides is 1. The minimum absolute atomic E-state index is 0.272. The van der Waals surface area contributed by atoms with Gasteiger partial charge in [0.25, 0.3) is 5.56 Å². The number of aliphatic carboxylic acids is 2. The van der Waals surface area contributed by atoms with E-state index in [-0.39, 0.29) is 11.3 Å². The largest absolute Gasteiger partial charge is 0.481 e. The number of nitrogens with zero attached hydrogens (tertiary/aromatic N) is 3. The molecule has 10 nitrogen and oxygen atoms in total. The number of carbonyl (C=O) groups is 3. The van der Waals surface area contributed by atoms with Gasteiger partial charge in [0, 0.05) is 0 Å². The van der Waals surface area contributed by atoms with Gasteiger partial charge in [-0.3, -0.25) is 14.4 Å². The molecule has 0 saturated carbocycles. The van der Waals surface area contributed by atoms with Crippen molar-refractivity contribution in [3.05, 3.63) is 34.6 Å². The molecule has 144 valence electrons. The van der Waals surface area contributed by atoms with E-state index in [2.05, 4.69) is 15.6 Å². The third-order valence-electron chi connectivity index (χ3n) is 4.30. The van der Waals surface area contributed by atoms with Crippen molar-refractivity contribution in [2.75, 3.05) is 0 Å². The van der Waals surface area contributed by atoms with Crippen LogP contribution in [0.1, 0.15) is 32.7 Å². The van der Waals surface area contributed by atoms with Gasteiger partial charge in [-0.15, -0.1) is 5.10 Å². The third-order valence-corrected chi connectivity index (χ3v) is 4.30. The van der Waals surface area contributed by atoms with E-state index in [1.807, 2.05) is 0 Å². The van der Waals surface area contributed by atoms with Gasteiger partial charge in [-0.25, -0.2) is 4.79 Å². The van der Waals surface area contributed by atoms with Crippen molar-refractivity contribution in [1.82, 2.24) is 20.3 Å². The molecule has 2 rings (SSSR count). The molecule has 10 heteroatoms. The first kappa shape index (κ1) is 20.0. The standard InChI is InChI=1S/C17H20N4O6/c1-3-9(2)14(15(24)18-12(17(26)27)8-13(22)23)21-16(25)10-6-4-5-7-11(10)19-20-21/h4-7,9,12,14H,3,8H2,1-2H3,(H,18,24)(H,22,23)(H,26,27). The Balaban J connectivity index is 2.45. The number of carbonyl (C=O) groups excluding carboxylic acids is 1. The van der Waals surface area contributed by atoms with Gasteiger partial charge in [0.2, 0.25) is 5.91 Å². The first-order valence-electron chi connectivity index (χ1n) is 8.35. The summed E-state index contributed by atoms with van der Waals surface area (Å²) >= 11 is 0. The van der Waals surface area contributed by atoms with E-state index in [1.54, 1.807) is 38.1 Å². The first-order chi connectivity index (χ1) is 12.8. The molecule has 1 aromatic heterocycles. The van der Waals surface area contributed by atoms with Crippen molar-refractivity contribution in [1.29, 1.82) is 0 Å². The molecule has 0 aliphatic heterocycles. The van der Waals surface area contributed by atoms with E-state index in [0.29, 0.717) is 11.9 Å². The fraction of sp³-hybridized carbons (Fsp3) is 0.412. The predicted molar refractivity (Wildman–Crippen MR) is 94.1 cm³/mol. The highest BCUT2D eigenvalue weighted by Gasteiger charge is 2.32. The molecule has 0 fully saturated rings. The van der Waals surface area contributed by atoms with Crippen LogP contribution in [-0.2, 0) is 14.4 Å². The molecule has 0 spiro atoms. The lowest BCUT2D eigenvalue weighted by Crippen LogP contribution is -2.48. The van der Waals surface area contributed by atoms with Gasteiger partial charge in [-0.1, -0.05) is 37.6 Å². The predicted octanol–water partition coefficient (Wildman–Crippen LogP) is 0.423. The van der Waals surface area contributed by atoms with Gasteiger partial charge >= 0.3 is 11.9 Å². The van der Waals surface area contributed by atoms with Crippen molar-refractivity contribution in [3.63, 3.8) is 0 Å². The second kappa shape index (κ2) is 8.39. The molecular formula is C17H20N4O6. The van der Waals surface area contributed by atoms with Crippen LogP contribution >= 0.6 is 0 Å². The summed E-state index contributed by atoms with van der Waals surface area (Å²) in [6.07, 6.45) is -0.289. The monoisotopic (exact) mass is 376 g/mol. The summed E-state index contributed by atoms with van der Waals surface area (Å²) in [7, 11) is 0. The zero-order valence-corrected chi connectivity index (χ0v) is 14.8. The zero-order valence-electron chi connectivity index (χ0n) is 14.8. The van der Waals surface area contributed by atoms with Gasteiger partial charge < -0.3 is 15.5 Å². The quantitative estimate of drug-likeness (QED) is 0.599. The maximum absolute atomic E-state index is 12.8. The molecule has 0 bridgehead atoms. The minimum Gasteiger partial charge on any atom is -0.481 e. The number of hydrogen-bond acceptors (Lipinski definition) is 6. The highest BCUT2D eigenvalue weighted by molar-refractivity contribution is 5.88. The lowest BCUT2D eigenvalue weighted by molar-refractivity contribution is -0.147. The molecule has 0 radical (unpaired) electrons. The second-order valence-electron chi connectivity index (χ2n) is 6.18. The van der Waals surface area contributed by atoms with Crippen molar-refractivity contribution in [2.45, 2.75) is 38.8 Å². The van der Waals surface area contributed by atoms with Gasteiger partial charge in [-0.2, -0.15) is 4.68 Å². The zero-order chi connectivity index (χ0) is 20.1. The van der Waals surface area contributed by atoms with Crippen LogP contribution in [0.2, 0.25) is 0 Å². The average molecular weight is 376 g/mol. The Kier molecular flexibility index (Phi) is 6.22. The Morgan fingerprint density at radius 1 is 1.22 bits per heavy atom. The van der Waals surface area contributed by atoms with E-state index in [1.165, 1.54) is 0 Å². The third kappa shape index (κ3) is 4.46. The molecule has 0 aliphatic carbocycles. The number of nitrogens with one attached hydrogen (secondary N) is 1. The molecule has 27 heavy (non-hydrogen) atoms. The lowest BCUT2D eigenvalue weighted by Gasteiger charge is -2.24. The Hall–Kier alpha value is -3.30. The molecule has 2 aromatic rings. The summed E-state index contributed by atoms with van der Waals surface area (Å²) in [5, 5.41) is 28.2. The number of hydrogen-bond donors (Lipinski definition) is 3. The second-order valence-corrected chi connectivity index (χ2v) is 6.18. The highest BCUT2D eigenvalue weighted by Crippen LogP contribution is 2.20. The minimum atomic E-state index is -1.62. The molecule has 0 saturated heterocycles. The molecule has 3 atom stereocenters. The Morgan fingerprint density at radius 3 is 2.48 bits per heavy atom. The molecule has 1 amide bonds. The van der Waals surface area contributed by atoms with Crippen LogP contribution in [0.3, 0.4) is 0 Å². The molecule has 3 unspecified atom stereocenters. The summed E-state index contributed by atoms with van der Waals surface area (Å²) in [6.45, 7) is 3.51. The fourth-order valence-electron chi connectivity index (χ4n) is 2.65. The maximum atomic E-state index is 12.8. The molecule has 0 aliphatic rings. The molecule has 1 heterocycles. The lowest BCUT2D eigenvalue weighted by atomic mass is 9.98. The van der Waals surface area contributed by atoms with Crippen LogP contribution in [0.4, 0.5) is 0 Å². The number of aromatic nitrogens is 3. The van der Waals surface area contributed by atoms with E-state index in [9.17, 15) is 19.2 Å². The summed E-state index contributed by atoms with van der Waals surface area (Å²) in [6, 6.07) is 3.77. The van der Waals surface area contributed by atoms with Crippen LogP contribution < -0.4 is 10.9 Å². The van der Waals surface area contributed by atoms with Crippen molar-refractivity contribution >= 4 is 28.7 Å². The first-order valence-corrected chi connectivity index (χ1v) is 8.35. The summed E-state index contributed by atoms with van der Waals surface area (Å²) in [5.74, 6) is -4.03. The van der Waals surface area contributed by atoms with Crippen LogP contribution in [0.15, 0.2) is 29.1 Å². The van der Waals surface area contributed by atoms with E-state index in [0.717, 1.165) is 4.68 Å². The smallest absolute Gasteiger partial charge is 0.326 e.